The minimum atomic E-state index is -0.623. The third-order valence-corrected chi connectivity index (χ3v) is 6.45. The van der Waals surface area contributed by atoms with Crippen molar-refractivity contribution >= 4 is 23.6 Å². The Morgan fingerprint density at radius 2 is 1.65 bits per heavy atom. The van der Waals surface area contributed by atoms with Gasteiger partial charge in [-0.1, -0.05) is 72.3 Å². The molecule has 1 N–H and O–H groups in total. The molecule has 0 fully saturated rings. The third-order valence-electron chi connectivity index (χ3n) is 5.47. The normalized spacial score (nSPS) is 11.6. The van der Waals surface area contributed by atoms with E-state index in [4.69, 9.17) is 0 Å². The number of halogens is 1. The van der Waals surface area contributed by atoms with Gasteiger partial charge in [-0.3, -0.25) is 9.59 Å². The van der Waals surface area contributed by atoms with Crippen LogP contribution < -0.4 is 5.32 Å². The maximum atomic E-state index is 13.5. The van der Waals surface area contributed by atoms with Crippen molar-refractivity contribution < 1.29 is 14.0 Å². The van der Waals surface area contributed by atoms with Crippen LogP contribution in [0, 0.1) is 12.7 Å². The standard InChI is InChI=1S/C28H31FN2O2S/c1-3-30-28(33)26(17-22-9-5-4-6-10-22)31(18-24-11-7-8-21(2)16-24)27(32)20-34-19-23-12-14-25(29)15-13-23/h4-16,26H,3,17-20H2,1-2H3,(H,30,33). The lowest BCUT2D eigenvalue weighted by Crippen LogP contribution is -2.51. The first kappa shape index (κ1) is 25.5. The number of aryl methyl sites for hydroxylation is 1. The molecular formula is C28H31FN2O2S. The summed E-state index contributed by atoms with van der Waals surface area (Å²) in [7, 11) is 0. The Morgan fingerprint density at radius 3 is 2.32 bits per heavy atom. The van der Waals surface area contributed by atoms with Crippen LogP contribution in [0.2, 0.25) is 0 Å². The monoisotopic (exact) mass is 478 g/mol. The Hall–Kier alpha value is -3.12. The third kappa shape index (κ3) is 7.73. The van der Waals surface area contributed by atoms with Crippen molar-refractivity contribution in [2.45, 2.75) is 38.6 Å². The number of nitrogens with zero attached hydrogens (tertiary/aromatic N) is 1. The number of carbonyl (C=O) groups is 2. The molecular weight excluding hydrogens is 447 g/mol. The second kappa shape index (κ2) is 12.9. The Balaban J connectivity index is 1.81. The largest absolute Gasteiger partial charge is 0.355 e. The van der Waals surface area contributed by atoms with E-state index in [0.717, 1.165) is 22.3 Å². The van der Waals surface area contributed by atoms with Crippen molar-refractivity contribution in [2.24, 2.45) is 0 Å². The van der Waals surface area contributed by atoms with E-state index in [-0.39, 0.29) is 23.4 Å². The lowest BCUT2D eigenvalue weighted by molar-refractivity contribution is -0.139. The van der Waals surface area contributed by atoms with Crippen molar-refractivity contribution in [2.75, 3.05) is 12.3 Å². The minimum absolute atomic E-state index is 0.0965. The highest BCUT2D eigenvalue weighted by molar-refractivity contribution is 7.99. The Kier molecular flexibility index (Phi) is 9.71. The summed E-state index contributed by atoms with van der Waals surface area (Å²) in [6, 6.07) is 23.5. The zero-order valence-corrected chi connectivity index (χ0v) is 20.5. The first-order valence-corrected chi connectivity index (χ1v) is 12.6. The molecule has 0 aliphatic rings. The van der Waals surface area contributed by atoms with E-state index in [1.807, 2.05) is 68.4 Å². The van der Waals surface area contributed by atoms with Gasteiger partial charge >= 0.3 is 0 Å². The summed E-state index contributed by atoms with van der Waals surface area (Å²) in [5.41, 5.74) is 4.04. The van der Waals surface area contributed by atoms with Gasteiger partial charge in [0, 0.05) is 25.3 Å². The van der Waals surface area contributed by atoms with Gasteiger partial charge in [-0.05, 0) is 42.7 Å². The molecule has 0 saturated carbocycles. The van der Waals surface area contributed by atoms with Crippen LogP contribution in [-0.4, -0.2) is 35.1 Å². The summed E-state index contributed by atoms with van der Waals surface area (Å²) in [6.07, 6.45) is 0.437. The molecule has 0 spiro atoms. The van der Waals surface area contributed by atoms with Crippen molar-refractivity contribution in [1.82, 2.24) is 10.2 Å². The number of hydrogen-bond donors (Lipinski definition) is 1. The van der Waals surface area contributed by atoms with Gasteiger partial charge in [0.25, 0.3) is 0 Å². The molecule has 3 aromatic rings. The summed E-state index contributed by atoms with van der Waals surface area (Å²) in [6.45, 7) is 4.74. The molecule has 0 radical (unpaired) electrons. The number of thioether (sulfide) groups is 1. The molecule has 3 aromatic carbocycles. The zero-order chi connectivity index (χ0) is 24.3. The first-order chi connectivity index (χ1) is 16.5. The molecule has 0 heterocycles. The van der Waals surface area contributed by atoms with Crippen molar-refractivity contribution in [3.8, 4) is 0 Å². The summed E-state index contributed by atoms with van der Waals surface area (Å²) in [5.74, 6) is 0.291. The lowest BCUT2D eigenvalue weighted by atomic mass is 10.0. The van der Waals surface area contributed by atoms with E-state index in [9.17, 15) is 14.0 Å². The number of likely N-dealkylation sites (N-methyl/N-ethyl adjacent to an activating group) is 1. The fourth-order valence-corrected chi connectivity index (χ4v) is 4.64. The number of carbonyl (C=O) groups excluding carboxylic acids is 2. The van der Waals surface area contributed by atoms with Crippen molar-refractivity contribution in [1.29, 1.82) is 0 Å². The lowest BCUT2D eigenvalue weighted by Gasteiger charge is -2.31. The fraction of sp³-hybridized carbons (Fsp3) is 0.286. The van der Waals surface area contributed by atoms with Crippen molar-refractivity contribution in [3.05, 3.63) is 107 Å². The topological polar surface area (TPSA) is 49.4 Å². The molecule has 3 rings (SSSR count). The minimum Gasteiger partial charge on any atom is -0.355 e. The van der Waals surface area contributed by atoms with Gasteiger partial charge < -0.3 is 10.2 Å². The van der Waals surface area contributed by atoms with E-state index < -0.39 is 6.04 Å². The molecule has 4 nitrogen and oxygen atoms in total. The fourth-order valence-electron chi connectivity index (χ4n) is 3.77. The van der Waals surface area contributed by atoms with Gasteiger partial charge in [0.15, 0.2) is 0 Å². The summed E-state index contributed by atoms with van der Waals surface area (Å²) in [5, 5.41) is 2.91. The van der Waals surface area contributed by atoms with E-state index in [0.29, 0.717) is 25.3 Å². The first-order valence-electron chi connectivity index (χ1n) is 11.4. The van der Waals surface area contributed by atoms with Crippen LogP contribution in [0.15, 0.2) is 78.9 Å². The molecule has 0 bridgehead atoms. The van der Waals surface area contributed by atoms with Gasteiger partial charge in [0.05, 0.1) is 5.75 Å². The van der Waals surface area contributed by atoms with Gasteiger partial charge in [0.2, 0.25) is 11.8 Å². The molecule has 178 valence electrons. The highest BCUT2D eigenvalue weighted by Crippen LogP contribution is 2.19. The van der Waals surface area contributed by atoms with Crippen molar-refractivity contribution in [3.63, 3.8) is 0 Å². The molecule has 0 saturated heterocycles. The SMILES string of the molecule is CCNC(=O)C(Cc1ccccc1)N(Cc1cccc(C)c1)C(=O)CSCc1ccc(F)cc1. The van der Waals surface area contributed by atoms with E-state index in [1.54, 1.807) is 17.0 Å². The highest BCUT2D eigenvalue weighted by Gasteiger charge is 2.30. The van der Waals surface area contributed by atoms with Gasteiger partial charge in [-0.15, -0.1) is 11.8 Å². The van der Waals surface area contributed by atoms with E-state index in [2.05, 4.69) is 5.32 Å². The molecule has 34 heavy (non-hydrogen) atoms. The predicted octanol–water partition coefficient (Wildman–Crippen LogP) is 5.14. The molecule has 0 aliphatic heterocycles. The summed E-state index contributed by atoms with van der Waals surface area (Å²) < 4.78 is 13.2. The quantitative estimate of drug-likeness (QED) is 0.415. The van der Waals surface area contributed by atoms with Crippen LogP contribution in [0.1, 0.15) is 29.2 Å². The van der Waals surface area contributed by atoms with E-state index in [1.165, 1.54) is 23.9 Å². The van der Waals surface area contributed by atoms with Gasteiger partial charge in [-0.2, -0.15) is 0 Å². The predicted molar refractivity (Wildman–Crippen MR) is 137 cm³/mol. The second-order valence-corrected chi connectivity index (χ2v) is 9.22. The number of hydrogen-bond acceptors (Lipinski definition) is 3. The second-order valence-electron chi connectivity index (χ2n) is 8.23. The van der Waals surface area contributed by atoms with Crippen LogP contribution in [0.25, 0.3) is 0 Å². The smallest absolute Gasteiger partial charge is 0.243 e. The van der Waals surface area contributed by atoms with E-state index >= 15 is 0 Å². The molecule has 1 atom stereocenters. The maximum absolute atomic E-state index is 13.5. The molecule has 0 aromatic heterocycles. The zero-order valence-electron chi connectivity index (χ0n) is 19.7. The van der Waals surface area contributed by atoms with Crippen LogP contribution in [0.4, 0.5) is 4.39 Å². The molecule has 1 unspecified atom stereocenters. The Morgan fingerprint density at radius 1 is 0.941 bits per heavy atom. The number of benzene rings is 3. The number of amides is 2. The Bertz CT molecular complexity index is 1070. The van der Waals surface area contributed by atoms with Crippen LogP contribution in [0.3, 0.4) is 0 Å². The van der Waals surface area contributed by atoms with Crippen LogP contribution in [-0.2, 0) is 28.3 Å². The van der Waals surface area contributed by atoms with Crippen LogP contribution in [0.5, 0.6) is 0 Å². The van der Waals surface area contributed by atoms with Gasteiger partial charge in [-0.25, -0.2) is 4.39 Å². The summed E-state index contributed by atoms with van der Waals surface area (Å²) >= 11 is 1.47. The molecule has 2 amide bonds. The highest BCUT2D eigenvalue weighted by atomic mass is 32.2. The van der Waals surface area contributed by atoms with Crippen LogP contribution >= 0.6 is 11.8 Å². The van der Waals surface area contributed by atoms with Gasteiger partial charge in [0.1, 0.15) is 11.9 Å². The summed E-state index contributed by atoms with van der Waals surface area (Å²) in [4.78, 5) is 28.3. The molecule has 6 heteroatoms. The molecule has 0 aliphatic carbocycles. The average Bonchev–Trinajstić information content (AvgIpc) is 2.83. The maximum Gasteiger partial charge on any atom is 0.243 e. The average molecular weight is 479 g/mol. The number of nitrogens with one attached hydrogen (secondary N) is 1. The Labute approximate surface area is 205 Å². The number of rotatable bonds is 11.